The van der Waals surface area contributed by atoms with Crippen molar-refractivity contribution in [2.45, 2.75) is 13.0 Å². The van der Waals surface area contributed by atoms with Gasteiger partial charge in [0.25, 0.3) is 5.91 Å². The van der Waals surface area contributed by atoms with Crippen LogP contribution in [0.3, 0.4) is 0 Å². The first-order chi connectivity index (χ1) is 15.0. The maximum absolute atomic E-state index is 12.2. The largest absolute Gasteiger partial charge is 0.481 e. The molecule has 156 valence electrons. The molecule has 0 unspecified atom stereocenters. The first-order valence-corrected chi connectivity index (χ1v) is 10.5. The zero-order valence-electron chi connectivity index (χ0n) is 16.0. The molecule has 0 saturated heterocycles. The third-order valence-corrected chi connectivity index (χ3v) is 5.18. The van der Waals surface area contributed by atoms with Gasteiger partial charge < -0.3 is 10.4 Å². The molecule has 0 aliphatic carbocycles. The summed E-state index contributed by atoms with van der Waals surface area (Å²) in [4.78, 5) is 31.8. The Morgan fingerprint density at radius 3 is 2.61 bits per heavy atom. The molecule has 0 aliphatic heterocycles. The van der Waals surface area contributed by atoms with E-state index in [2.05, 4.69) is 20.4 Å². The van der Waals surface area contributed by atoms with E-state index >= 15 is 0 Å². The fourth-order valence-electron chi connectivity index (χ4n) is 2.89. The van der Waals surface area contributed by atoms with Crippen LogP contribution in [0.5, 0.6) is 0 Å². The van der Waals surface area contributed by atoms with Crippen LogP contribution in [0, 0.1) is 0 Å². The van der Waals surface area contributed by atoms with Crippen LogP contribution in [0.25, 0.3) is 22.8 Å². The molecule has 0 atom stereocenters. The number of hydrogen-bond acceptors (Lipinski definition) is 6. The summed E-state index contributed by atoms with van der Waals surface area (Å²) in [6.07, 6.45) is -0.0902. The van der Waals surface area contributed by atoms with Gasteiger partial charge in [-0.2, -0.15) is 5.10 Å². The third-order valence-electron chi connectivity index (χ3n) is 4.36. The third kappa shape index (κ3) is 4.96. The van der Waals surface area contributed by atoms with E-state index in [9.17, 15) is 9.59 Å². The van der Waals surface area contributed by atoms with Gasteiger partial charge in [-0.3, -0.25) is 9.59 Å². The molecule has 4 rings (SSSR count). The van der Waals surface area contributed by atoms with Crippen molar-refractivity contribution in [1.29, 1.82) is 0 Å². The number of carboxylic acids is 1. The minimum Gasteiger partial charge on any atom is -0.481 e. The van der Waals surface area contributed by atoms with Crippen LogP contribution in [-0.2, 0) is 11.3 Å². The van der Waals surface area contributed by atoms with Crippen molar-refractivity contribution < 1.29 is 14.7 Å². The van der Waals surface area contributed by atoms with E-state index in [0.29, 0.717) is 28.1 Å². The zero-order chi connectivity index (χ0) is 21.8. The van der Waals surface area contributed by atoms with Gasteiger partial charge in [-0.1, -0.05) is 23.7 Å². The van der Waals surface area contributed by atoms with Gasteiger partial charge >= 0.3 is 5.97 Å². The van der Waals surface area contributed by atoms with Crippen molar-refractivity contribution in [1.82, 2.24) is 19.7 Å². The molecule has 0 spiro atoms. The maximum atomic E-state index is 12.2. The van der Waals surface area contributed by atoms with Gasteiger partial charge in [-0.25, -0.2) is 14.6 Å². The first-order valence-electron chi connectivity index (χ1n) is 9.22. The van der Waals surface area contributed by atoms with Gasteiger partial charge in [-0.05, 0) is 36.4 Å². The molecule has 8 nitrogen and oxygen atoms in total. The van der Waals surface area contributed by atoms with Crippen molar-refractivity contribution in [3.05, 3.63) is 70.1 Å². The predicted octanol–water partition coefficient (Wildman–Crippen LogP) is 4.45. The number of rotatable bonds is 7. The summed E-state index contributed by atoms with van der Waals surface area (Å²) in [6.45, 7) is 0.167. The van der Waals surface area contributed by atoms with E-state index < -0.39 is 5.97 Å². The molecule has 2 aromatic carbocycles. The molecule has 0 bridgehead atoms. The Labute approximate surface area is 186 Å². The molecular formula is C21H16ClN5O3S. The fraction of sp³-hybridized carbons (Fsp3) is 0.0952. The number of benzene rings is 2. The highest BCUT2D eigenvalue weighted by Crippen LogP contribution is 2.26. The highest BCUT2D eigenvalue weighted by Gasteiger charge is 2.15. The number of carbonyl (C=O) groups is 2. The van der Waals surface area contributed by atoms with Gasteiger partial charge in [0.05, 0.1) is 18.5 Å². The van der Waals surface area contributed by atoms with Gasteiger partial charge in [-0.15, -0.1) is 11.3 Å². The number of thiazole rings is 1. The van der Waals surface area contributed by atoms with Crippen molar-refractivity contribution in [3.63, 3.8) is 0 Å². The van der Waals surface area contributed by atoms with Crippen LogP contribution >= 0.6 is 22.9 Å². The Bertz CT molecular complexity index is 1220. The Hall–Kier alpha value is -3.56. The van der Waals surface area contributed by atoms with Gasteiger partial charge in [0.1, 0.15) is 5.69 Å². The maximum Gasteiger partial charge on any atom is 0.305 e. The molecule has 2 aromatic heterocycles. The van der Waals surface area contributed by atoms with Gasteiger partial charge in [0, 0.05) is 27.2 Å². The number of nitrogens with zero attached hydrogens (tertiary/aromatic N) is 4. The summed E-state index contributed by atoms with van der Waals surface area (Å²) < 4.78 is 1.56. The van der Waals surface area contributed by atoms with E-state index in [-0.39, 0.29) is 18.9 Å². The monoisotopic (exact) mass is 453 g/mol. The van der Waals surface area contributed by atoms with Crippen molar-refractivity contribution >= 4 is 40.5 Å². The average Bonchev–Trinajstić information content (AvgIpc) is 3.43. The minimum atomic E-state index is -0.925. The molecule has 0 saturated carbocycles. The average molecular weight is 454 g/mol. The fourth-order valence-corrected chi connectivity index (χ4v) is 3.61. The summed E-state index contributed by atoms with van der Waals surface area (Å²) >= 11 is 7.43. The highest BCUT2D eigenvalue weighted by atomic mass is 35.5. The summed E-state index contributed by atoms with van der Waals surface area (Å²) in [5.41, 5.74) is 4.02. The number of carboxylic acid groups (broad SMARTS) is 1. The van der Waals surface area contributed by atoms with Gasteiger partial charge in [0.15, 0.2) is 11.6 Å². The first kappa shape index (κ1) is 20.7. The van der Waals surface area contributed by atoms with Crippen LogP contribution in [0.15, 0.2) is 59.4 Å². The van der Waals surface area contributed by atoms with Gasteiger partial charge in [0.2, 0.25) is 0 Å². The molecule has 31 heavy (non-hydrogen) atoms. The lowest BCUT2D eigenvalue weighted by molar-refractivity contribution is -0.137. The second-order valence-electron chi connectivity index (χ2n) is 6.54. The standard InChI is InChI=1S/C21H16ClN5O3S/c22-15-3-1-2-14(10-15)19-25-20(27(26-19)9-8-18(28)29)13-4-6-16(7-5-13)24-21(30)17-11-31-12-23-17/h1-7,10-12H,8-9H2,(H,24,30)(H,28,29). The molecular weight excluding hydrogens is 438 g/mol. The number of aryl methyl sites for hydroxylation is 1. The number of aliphatic carboxylic acids is 1. The number of aromatic nitrogens is 4. The van der Waals surface area contributed by atoms with Crippen molar-refractivity contribution in [2.24, 2.45) is 0 Å². The number of nitrogens with one attached hydrogen (secondary N) is 1. The summed E-state index contributed by atoms with van der Waals surface area (Å²) in [7, 11) is 0. The SMILES string of the molecule is O=C(O)CCn1nc(-c2cccc(Cl)c2)nc1-c1ccc(NC(=O)c2cscn2)cc1. The van der Waals surface area contributed by atoms with E-state index in [1.54, 1.807) is 58.0 Å². The predicted molar refractivity (Wildman–Crippen MR) is 118 cm³/mol. The topological polar surface area (TPSA) is 110 Å². The molecule has 2 heterocycles. The molecule has 0 radical (unpaired) electrons. The number of anilines is 1. The Balaban J connectivity index is 1.62. The molecule has 4 aromatic rings. The highest BCUT2D eigenvalue weighted by molar-refractivity contribution is 7.07. The molecule has 1 amide bonds. The summed E-state index contributed by atoms with van der Waals surface area (Å²) in [6, 6.07) is 14.2. The summed E-state index contributed by atoms with van der Waals surface area (Å²) in [5, 5.41) is 18.6. The van der Waals surface area contributed by atoms with Crippen molar-refractivity contribution in [2.75, 3.05) is 5.32 Å². The molecule has 10 heteroatoms. The zero-order valence-corrected chi connectivity index (χ0v) is 17.6. The van der Waals surface area contributed by atoms with E-state index in [1.807, 2.05) is 6.07 Å². The Morgan fingerprint density at radius 2 is 1.94 bits per heavy atom. The summed E-state index contributed by atoms with van der Waals surface area (Å²) in [5.74, 6) is -0.245. The Morgan fingerprint density at radius 1 is 1.13 bits per heavy atom. The van der Waals surface area contributed by atoms with Crippen molar-refractivity contribution in [3.8, 4) is 22.8 Å². The van der Waals surface area contributed by atoms with Crippen LogP contribution in [-0.4, -0.2) is 36.7 Å². The van der Waals surface area contributed by atoms with Crippen LogP contribution in [0.2, 0.25) is 5.02 Å². The number of halogens is 1. The normalized spacial score (nSPS) is 10.7. The van der Waals surface area contributed by atoms with E-state index in [0.717, 1.165) is 11.1 Å². The van der Waals surface area contributed by atoms with E-state index in [1.165, 1.54) is 11.3 Å². The lowest BCUT2D eigenvalue weighted by Crippen LogP contribution is -2.12. The number of hydrogen-bond donors (Lipinski definition) is 2. The number of amides is 1. The van der Waals surface area contributed by atoms with Crippen LogP contribution < -0.4 is 5.32 Å². The smallest absolute Gasteiger partial charge is 0.305 e. The van der Waals surface area contributed by atoms with Crippen LogP contribution in [0.4, 0.5) is 5.69 Å². The van der Waals surface area contributed by atoms with Crippen LogP contribution in [0.1, 0.15) is 16.9 Å². The second-order valence-corrected chi connectivity index (χ2v) is 7.70. The lowest BCUT2D eigenvalue weighted by Gasteiger charge is -2.07. The molecule has 0 aliphatic rings. The number of carbonyl (C=O) groups excluding carboxylic acids is 1. The molecule has 0 fully saturated rings. The Kier molecular flexibility index (Phi) is 6.06. The lowest BCUT2D eigenvalue weighted by atomic mass is 10.2. The molecule has 2 N–H and O–H groups in total. The minimum absolute atomic E-state index is 0.0902. The second kappa shape index (κ2) is 9.07. The van der Waals surface area contributed by atoms with E-state index in [4.69, 9.17) is 16.7 Å². The quantitative estimate of drug-likeness (QED) is 0.427.